The van der Waals surface area contributed by atoms with Crippen molar-refractivity contribution in [2.24, 2.45) is 0 Å². The molecule has 29 heavy (non-hydrogen) atoms. The van der Waals surface area contributed by atoms with Crippen molar-refractivity contribution in [1.29, 1.82) is 0 Å². The summed E-state index contributed by atoms with van der Waals surface area (Å²) in [7, 11) is 1.60. The molecular weight excluding hydrogens is 434 g/mol. The molecular formula is C21H20BrN5O2. The molecule has 0 bridgehead atoms. The SMILES string of the molecule is COCOc1ccccc1C(C)c1cc(-c2c[nH]c3ncc(Br)cc23)nc(N)n1. The Morgan fingerprint density at radius 3 is 2.86 bits per heavy atom. The maximum Gasteiger partial charge on any atom is 0.220 e. The van der Waals surface area contributed by atoms with Crippen LogP contribution in [0.3, 0.4) is 0 Å². The van der Waals surface area contributed by atoms with E-state index in [-0.39, 0.29) is 18.7 Å². The number of halogens is 1. The van der Waals surface area contributed by atoms with Gasteiger partial charge in [0, 0.05) is 46.4 Å². The van der Waals surface area contributed by atoms with E-state index in [4.69, 9.17) is 15.2 Å². The first-order valence-electron chi connectivity index (χ1n) is 9.05. The van der Waals surface area contributed by atoms with Crippen LogP contribution >= 0.6 is 15.9 Å². The quantitative estimate of drug-likeness (QED) is 0.417. The molecule has 1 unspecified atom stereocenters. The van der Waals surface area contributed by atoms with Crippen LogP contribution in [0.15, 0.2) is 53.3 Å². The Hall–Kier alpha value is -2.97. The first-order valence-corrected chi connectivity index (χ1v) is 9.84. The van der Waals surface area contributed by atoms with Crippen LogP contribution < -0.4 is 10.5 Å². The second kappa shape index (κ2) is 8.18. The number of anilines is 1. The second-order valence-electron chi connectivity index (χ2n) is 6.60. The van der Waals surface area contributed by atoms with Gasteiger partial charge in [-0.1, -0.05) is 25.1 Å². The Morgan fingerprint density at radius 2 is 2.03 bits per heavy atom. The van der Waals surface area contributed by atoms with E-state index in [0.717, 1.165) is 43.8 Å². The summed E-state index contributed by atoms with van der Waals surface area (Å²) in [6, 6.07) is 11.8. The van der Waals surface area contributed by atoms with Gasteiger partial charge in [-0.25, -0.2) is 15.0 Å². The monoisotopic (exact) mass is 453 g/mol. The van der Waals surface area contributed by atoms with Crippen molar-refractivity contribution >= 4 is 32.9 Å². The molecule has 8 heteroatoms. The zero-order valence-electron chi connectivity index (χ0n) is 16.0. The Labute approximate surface area is 176 Å². The van der Waals surface area contributed by atoms with Gasteiger partial charge in [0.05, 0.1) is 11.4 Å². The minimum absolute atomic E-state index is 0.0535. The number of H-pyrrole nitrogens is 1. The van der Waals surface area contributed by atoms with E-state index in [1.54, 1.807) is 13.3 Å². The zero-order valence-corrected chi connectivity index (χ0v) is 17.6. The third-order valence-corrected chi connectivity index (χ3v) is 5.13. The first kappa shape index (κ1) is 19.4. The van der Waals surface area contributed by atoms with Gasteiger partial charge in [0.15, 0.2) is 6.79 Å². The number of aromatic amines is 1. The molecule has 4 aromatic rings. The molecule has 0 aliphatic rings. The molecule has 0 spiro atoms. The number of rotatable bonds is 6. The predicted molar refractivity (Wildman–Crippen MR) is 116 cm³/mol. The number of para-hydroxylation sites is 1. The van der Waals surface area contributed by atoms with Gasteiger partial charge in [-0.3, -0.25) is 0 Å². The number of nitrogens with two attached hydrogens (primary N) is 1. The standard InChI is InChI=1S/C21H20BrN5O2/c1-12(14-5-3-4-6-19(14)29-11-28-2)17-8-18(27-21(23)26-17)16-10-25-20-15(16)7-13(22)9-24-20/h3-10,12H,11H2,1-2H3,(H,24,25)(H2,23,26,27). The fraction of sp³-hybridized carbons (Fsp3) is 0.190. The van der Waals surface area contributed by atoms with Gasteiger partial charge in [0.1, 0.15) is 11.4 Å². The van der Waals surface area contributed by atoms with Crippen LogP contribution in [0.25, 0.3) is 22.3 Å². The predicted octanol–water partition coefficient (Wildman–Crippen LogP) is 4.50. The van der Waals surface area contributed by atoms with Crippen LogP contribution in [0.4, 0.5) is 5.95 Å². The number of ether oxygens (including phenoxy) is 2. The lowest BCUT2D eigenvalue weighted by atomic mass is 9.95. The summed E-state index contributed by atoms with van der Waals surface area (Å²) in [5, 5.41) is 0.958. The fourth-order valence-corrected chi connectivity index (χ4v) is 3.62. The third kappa shape index (κ3) is 3.94. The number of methoxy groups -OCH3 is 1. The molecule has 3 N–H and O–H groups in total. The number of hydrogen-bond acceptors (Lipinski definition) is 6. The summed E-state index contributed by atoms with van der Waals surface area (Å²) in [6.07, 6.45) is 3.64. The molecule has 7 nitrogen and oxygen atoms in total. The largest absolute Gasteiger partial charge is 0.467 e. The molecule has 1 aromatic carbocycles. The van der Waals surface area contributed by atoms with Crippen molar-refractivity contribution in [3.8, 4) is 17.0 Å². The van der Waals surface area contributed by atoms with Crippen LogP contribution in [-0.2, 0) is 4.74 Å². The van der Waals surface area contributed by atoms with E-state index >= 15 is 0 Å². The molecule has 0 fully saturated rings. The van der Waals surface area contributed by atoms with E-state index in [2.05, 4.69) is 42.8 Å². The van der Waals surface area contributed by atoms with E-state index in [1.807, 2.05) is 42.6 Å². The van der Waals surface area contributed by atoms with Gasteiger partial charge in [0.25, 0.3) is 0 Å². The third-order valence-electron chi connectivity index (χ3n) is 4.70. The topological polar surface area (TPSA) is 98.9 Å². The zero-order chi connectivity index (χ0) is 20.4. The van der Waals surface area contributed by atoms with Gasteiger partial charge in [-0.05, 0) is 34.1 Å². The summed E-state index contributed by atoms with van der Waals surface area (Å²) in [6.45, 7) is 2.24. The molecule has 148 valence electrons. The van der Waals surface area contributed by atoms with Crippen LogP contribution in [0.1, 0.15) is 24.1 Å². The van der Waals surface area contributed by atoms with Crippen molar-refractivity contribution in [1.82, 2.24) is 19.9 Å². The minimum Gasteiger partial charge on any atom is -0.467 e. The Bertz CT molecular complexity index is 1160. The highest BCUT2D eigenvalue weighted by Crippen LogP contribution is 2.34. The Balaban J connectivity index is 1.77. The van der Waals surface area contributed by atoms with Crippen molar-refractivity contribution in [3.63, 3.8) is 0 Å². The highest BCUT2D eigenvalue weighted by Gasteiger charge is 2.18. The number of benzene rings is 1. The molecule has 3 heterocycles. The van der Waals surface area contributed by atoms with Gasteiger partial charge in [0.2, 0.25) is 5.95 Å². The fourth-order valence-electron chi connectivity index (χ4n) is 3.29. The summed E-state index contributed by atoms with van der Waals surface area (Å²) < 4.78 is 11.7. The lowest BCUT2D eigenvalue weighted by Crippen LogP contribution is -2.08. The highest BCUT2D eigenvalue weighted by molar-refractivity contribution is 9.10. The number of aromatic nitrogens is 4. The first-order chi connectivity index (χ1) is 14.1. The Morgan fingerprint density at radius 1 is 1.21 bits per heavy atom. The maximum atomic E-state index is 6.07. The van der Waals surface area contributed by atoms with Crippen molar-refractivity contribution in [2.75, 3.05) is 19.6 Å². The molecule has 3 aromatic heterocycles. The normalized spacial score (nSPS) is 12.2. The molecule has 0 amide bonds. The van der Waals surface area contributed by atoms with Gasteiger partial charge >= 0.3 is 0 Å². The van der Waals surface area contributed by atoms with Crippen molar-refractivity contribution < 1.29 is 9.47 Å². The van der Waals surface area contributed by atoms with Gasteiger partial charge in [-0.2, -0.15) is 0 Å². The number of hydrogen-bond donors (Lipinski definition) is 2. The van der Waals surface area contributed by atoms with E-state index in [1.165, 1.54) is 0 Å². The molecule has 0 radical (unpaired) electrons. The molecule has 1 atom stereocenters. The van der Waals surface area contributed by atoms with Crippen LogP contribution in [-0.4, -0.2) is 33.8 Å². The second-order valence-corrected chi connectivity index (χ2v) is 7.51. The number of nitrogen functional groups attached to an aromatic ring is 1. The number of fused-ring (bicyclic) bond motifs is 1. The average molecular weight is 454 g/mol. The molecule has 0 aliphatic heterocycles. The van der Waals surface area contributed by atoms with Crippen LogP contribution in [0.2, 0.25) is 0 Å². The van der Waals surface area contributed by atoms with E-state index in [9.17, 15) is 0 Å². The van der Waals surface area contributed by atoms with Crippen molar-refractivity contribution in [3.05, 3.63) is 64.5 Å². The summed E-state index contributed by atoms with van der Waals surface area (Å²) >= 11 is 3.48. The van der Waals surface area contributed by atoms with E-state index < -0.39 is 0 Å². The molecule has 0 saturated heterocycles. The summed E-state index contributed by atoms with van der Waals surface area (Å²) in [4.78, 5) is 16.5. The van der Waals surface area contributed by atoms with Gasteiger partial charge < -0.3 is 20.2 Å². The average Bonchev–Trinajstić information content (AvgIpc) is 3.14. The lowest BCUT2D eigenvalue weighted by molar-refractivity contribution is 0.0503. The number of nitrogens with one attached hydrogen (secondary N) is 1. The van der Waals surface area contributed by atoms with Crippen LogP contribution in [0.5, 0.6) is 5.75 Å². The van der Waals surface area contributed by atoms with Gasteiger partial charge in [-0.15, -0.1) is 0 Å². The summed E-state index contributed by atoms with van der Waals surface area (Å²) in [5.41, 5.74) is 10.3. The lowest BCUT2D eigenvalue weighted by Gasteiger charge is -2.17. The Kier molecular flexibility index (Phi) is 5.46. The molecule has 4 rings (SSSR count). The maximum absolute atomic E-state index is 6.07. The minimum atomic E-state index is -0.0535. The summed E-state index contributed by atoms with van der Waals surface area (Å²) in [5.74, 6) is 0.917. The smallest absolute Gasteiger partial charge is 0.220 e. The van der Waals surface area contributed by atoms with Crippen molar-refractivity contribution in [2.45, 2.75) is 12.8 Å². The molecule has 0 saturated carbocycles. The number of pyridine rings is 1. The number of nitrogens with zero attached hydrogens (tertiary/aromatic N) is 3. The van der Waals surface area contributed by atoms with E-state index in [0.29, 0.717) is 0 Å². The highest BCUT2D eigenvalue weighted by atomic mass is 79.9. The van der Waals surface area contributed by atoms with Crippen LogP contribution in [0, 0.1) is 0 Å². The molecule has 0 aliphatic carbocycles.